The SMILES string of the molecule is CCC1CN(CCOc2ccc([C@@H]3c4ccccc4CC(C)N3CC(C)(C)F)cc2)C1. The first kappa shape index (κ1) is 22.3. The van der Waals surface area contributed by atoms with Crippen molar-refractivity contribution in [3.8, 4) is 5.75 Å². The Labute approximate surface area is 187 Å². The lowest BCUT2D eigenvalue weighted by molar-refractivity contribution is 0.0677. The van der Waals surface area contributed by atoms with E-state index < -0.39 is 5.67 Å². The molecule has 1 fully saturated rings. The fourth-order valence-corrected chi connectivity index (χ4v) is 5.06. The average Bonchev–Trinajstić information content (AvgIpc) is 2.70. The molecular formula is C27H37FN2O. The number of alkyl halides is 1. The van der Waals surface area contributed by atoms with Crippen LogP contribution in [0.15, 0.2) is 48.5 Å². The van der Waals surface area contributed by atoms with Crippen molar-refractivity contribution in [3.63, 3.8) is 0 Å². The number of likely N-dealkylation sites (tertiary alicyclic amines) is 1. The van der Waals surface area contributed by atoms with Crippen LogP contribution in [0, 0.1) is 5.92 Å². The summed E-state index contributed by atoms with van der Waals surface area (Å²) in [4.78, 5) is 4.78. The number of ether oxygens (including phenoxy) is 1. The quantitative estimate of drug-likeness (QED) is 0.557. The highest BCUT2D eigenvalue weighted by atomic mass is 19.1. The van der Waals surface area contributed by atoms with E-state index in [-0.39, 0.29) is 12.1 Å². The molecule has 31 heavy (non-hydrogen) atoms. The highest BCUT2D eigenvalue weighted by molar-refractivity contribution is 5.42. The highest BCUT2D eigenvalue weighted by Crippen LogP contribution is 2.39. The monoisotopic (exact) mass is 424 g/mol. The molecule has 0 aliphatic carbocycles. The van der Waals surface area contributed by atoms with Crippen molar-refractivity contribution in [2.75, 3.05) is 32.8 Å². The van der Waals surface area contributed by atoms with Crippen molar-refractivity contribution < 1.29 is 9.13 Å². The van der Waals surface area contributed by atoms with Crippen LogP contribution < -0.4 is 4.74 Å². The highest BCUT2D eigenvalue weighted by Gasteiger charge is 2.36. The molecule has 1 unspecified atom stereocenters. The number of benzene rings is 2. The smallest absolute Gasteiger partial charge is 0.119 e. The van der Waals surface area contributed by atoms with Crippen LogP contribution in [0.2, 0.25) is 0 Å². The third-order valence-corrected chi connectivity index (χ3v) is 6.80. The van der Waals surface area contributed by atoms with E-state index in [1.807, 2.05) is 0 Å². The number of halogens is 1. The summed E-state index contributed by atoms with van der Waals surface area (Å²) in [6.45, 7) is 12.4. The van der Waals surface area contributed by atoms with Crippen LogP contribution in [0.5, 0.6) is 5.75 Å². The molecule has 168 valence electrons. The fourth-order valence-electron chi connectivity index (χ4n) is 5.06. The van der Waals surface area contributed by atoms with Gasteiger partial charge in [0.05, 0.1) is 6.04 Å². The third kappa shape index (κ3) is 5.30. The Balaban J connectivity index is 1.47. The van der Waals surface area contributed by atoms with Crippen LogP contribution in [0.3, 0.4) is 0 Å². The van der Waals surface area contributed by atoms with E-state index in [0.717, 1.165) is 31.2 Å². The first-order chi connectivity index (χ1) is 14.8. The molecule has 2 aromatic carbocycles. The number of hydrogen-bond acceptors (Lipinski definition) is 3. The summed E-state index contributed by atoms with van der Waals surface area (Å²) in [5.41, 5.74) is 2.62. The Hall–Kier alpha value is -1.91. The van der Waals surface area contributed by atoms with Gasteiger partial charge in [0, 0.05) is 32.2 Å². The Kier molecular flexibility index (Phi) is 6.68. The second kappa shape index (κ2) is 9.30. The van der Waals surface area contributed by atoms with Gasteiger partial charge in [-0.1, -0.05) is 49.7 Å². The van der Waals surface area contributed by atoms with Gasteiger partial charge >= 0.3 is 0 Å². The molecule has 2 atom stereocenters. The van der Waals surface area contributed by atoms with Gasteiger partial charge in [-0.2, -0.15) is 0 Å². The van der Waals surface area contributed by atoms with Crippen molar-refractivity contribution in [2.24, 2.45) is 5.92 Å². The molecule has 0 spiro atoms. The molecule has 0 bridgehead atoms. The molecule has 0 radical (unpaired) electrons. The van der Waals surface area contributed by atoms with Crippen LogP contribution in [-0.4, -0.2) is 54.3 Å². The second-order valence-electron chi connectivity index (χ2n) is 10.00. The van der Waals surface area contributed by atoms with Gasteiger partial charge in [-0.05, 0) is 61.9 Å². The van der Waals surface area contributed by atoms with Gasteiger partial charge in [0.15, 0.2) is 0 Å². The molecule has 2 aliphatic rings. The zero-order chi connectivity index (χ0) is 22.0. The van der Waals surface area contributed by atoms with Crippen LogP contribution >= 0.6 is 0 Å². The van der Waals surface area contributed by atoms with Crippen molar-refractivity contribution in [1.29, 1.82) is 0 Å². The van der Waals surface area contributed by atoms with E-state index in [1.165, 1.54) is 36.2 Å². The lowest BCUT2D eigenvalue weighted by Gasteiger charge is -2.44. The predicted octanol–water partition coefficient (Wildman–Crippen LogP) is 5.49. The van der Waals surface area contributed by atoms with Gasteiger partial charge < -0.3 is 4.74 Å². The van der Waals surface area contributed by atoms with E-state index in [9.17, 15) is 4.39 Å². The molecule has 0 amide bonds. The normalized spacial score (nSPS) is 22.7. The molecule has 2 aromatic rings. The molecule has 3 nitrogen and oxygen atoms in total. The third-order valence-electron chi connectivity index (χ3n) is 6.80. The number of fused-ring (bicyclic) bond motifs is 1. The van der Waals surface area contributed by atoms with Crippen LogP contribution in [0.25, 0.3) is 0 Å². The van der Waals surface area contributed by atoms with E-state index in [4.69, 9.17) is 4.74 Å². The van der Waals surface area contributed by atoms with Gasteiger partial charge in [0.2, 0.25) is 0 Å². The molecule has 4 heteroatoms. The summed E-state index contributed by atoms with van der Waals surface area (Å²) in [5, 5.41) is 0. The van der Waals surface area contributed by atoms with Gasteiger partial charge in [0.1, 0.15) is 18.0 Å². The Bertz CT molecular complexity index is 854. The van der Waals surface area contributed by atoms with E-state index in [1.54, 1.807) is 13.8 Å². The first-order valence-corrected chi connectivity index (χ1v) is 11.8. The van der Waals surface area contributed by atoms with Crippen LogP contribution in [0.1, 0.15) is 56.8 Å². The maximum absolute atomic E-state index is 14.7. The van der Waals surface area contributed by atoms with Gasteiger partial charge in [-0.15, -0.1) is 0 Å². The first-order valence-electron chi connectivity index (χ1n) is 11.8. The maximum Gasteiger partial charge on any atom is 0.119 e. The maximum atomic E-state index is 14.7. The van der Waals surface area contributed by atoms with Crippen molar-refractivity contribution >= 4 is 0 Å². The number of rotatable bonds is 8. The van der Waals surface area contributed by atoms with Gasteiger partial charge in [-0.3, -0.25) is 9.80 Å². The van der Waals surface area contributed by atoms with E-state index >= 15 is 0 Å². The lowest BCUT2D eigenvalue weighted by atomic mass is 9.84. The molecular weight excluding hydrogens is 387 g/mol. The Morgan fingerprint density at radius 1 is 1.06 bits per heavy atom. The average molecular weight is 425 g/mol. The van der Waals surface area contributed by atoms with Crippen LogP contribution in [0.4, 0.5) is 4.39 Å². The van der Waals surface area contributed by atoms with Crippen molar-refractivity contribution in [1.82, 2.24) is 9.80 Å². The van der Waals surface area contributed by atoms with Crippen molar-refractivity contribution in [3.05, 3.63) is 65.2 Å². The zero-order valence-electron chi connectivity index (χ0n) is 19.5. The van der Waals surface area contributed by atoms with Crippen molar-refractivity contribution in [2.45, 2.75) is 58.3 Å². The largest absolute Gasteiger partial charge is 0.492 e. The van der Waals surface area contributed by atoms with Gasteiger partial charge in [0.25, 0.3) is 0 Å². The molecule has 0 N–H and O–H groups in total. The minimum Gasteiger partial charge on any atom is -0.492 e. The minimum absolute atomic E-state index is 0.0658. The Morgan fingerprint density at radius 3 is 2.45 bits per heavy atom. The summed E-state index contributed by atoms with van der Waals surface area (Å²) < 4.78 is 20.7. The molecule has 0 aromatic heterocycles. The number of nitrogens with zero attached hydrogens (tertiary/aromatic N) is 2. The van der Waals surface area contributed by atoms with Gasteiger partial charge in [-0.25, -0.2) is 4.39 Å². The molecule has 2 aliphatic heterocycles. The Morgan fingerprint density at radius 2 is 1.77 bits per heavy atom. The lowest BCUT2D eigenvalue weighted by Crippen LogP contribution is -2.47. The predicted molar refractivity (Wildman–Crippen MR) is 126 cm³/mol. The summed E-state index contributed by atoms with van der Waals surface area (Å²) in [6, 6.07) is 17.4. The summed E-state index contributed by atoms with van der Waals surface area (Å²) in [7, 11) is 0. The van der Waals surface area contributed by atoms with Crippen LogP contribution in [-0.2, 0) is 6.42 Å². The zero-order valence-corrected chi connectivity index (χ0v) is 19.5. The fraction of sp³-hybridized carbons (Fsp3) is 0.556. The standard InChI is InChI=1S/C27H37FN2O/c1-5-21-17-29(18-21)14-15-31-24-12-10-22(11-13-24)26-25-9-7-6-8-23(25)16-20(2)30(26)19-27(3,4)28/h6-13,20-21,26H,5,14-19H2,1-4H3/t20?,26-/m1/s1. The molecule has 2 heterocycles. The topological polar surface area (TPSA) is 15.7 Å². The molecule has 1 saturated heterocycles. The van der Waals surface area contributed by atoms with E-state index in [2.05, 4.69) is 72.2 Å². The second-order valence-corrected chi connectivity index (χ2v) is 10.00. The minimum atomic E-state index is -1.24. The summed E-state index contributed by atoms with van der Waals surface area (Å²) in [5.74, 6) is 1.78. The number of hydrogen-bond donors (Lipinski definition) is 0. The van der Waals surface area contributed by atoms with E-state index in [0.29, 0.717) is 6.54 Å². The summed E-state index contributed by atoms with van der Waals surface area (Å²) in [6.07, 6.45) is 2.23. The molecule has 0 saturated carbocycles. The summed E-state index contributed by atoms with van der Waals surface area (Å²) >= 11 is 0. The molecule has 4 rings (SSSR count).